The molecule has 2 nitrogen and oxygen atoms in total. The average molecular weight is 275 g/mol. The van der Waals surface area contributed by atoms with Crippen molar-refractivity contribution in [3.05, 3.63) is 16.1 Å². The number of rotatable bonds is 2. The summed E-state index contributed by atoms with van der Waals surface area (Å²) < 4.78 is 3.34. The number of aromatic nitrogens is 2. The van der Waals surface area contributed by atoms with Crippen LogP contribution >= 0.6 is 27.7 Å². The summed E-state index contributed by atoms with van der Waals surface area (Å²) in [5.74, 6) is 1.85. The molecule has 2 heterocycles. The van der Waals surface area contributed by atoms with E-state index in [1.54, 1.807) is 0 Å². The van der Waals surface area contributed by atoms with Crippen LogP contribution in [0.15, 0.2) is 4.73 Å². The Labute approximate surface area is 97.6 Å². The fourth-order valence-electron chi connectivity index (χ4n) is 1.99. The van der Waals surface area contributed by atoms with E-state index in [9.17, 15) is 0 Å². The van der Waals surface area contributed by atoms with Gasteiger partial charge in [0.25, 0.3) is 0 Å². The molecule has 2 rings (SSSR count). The van der Waals surface area contributed by atoms with Crippen molar-refractivity contribution in [3.8, 4) is 0 Å². The molecule has 0 spiro atoms. The Balaban J connectivity index is 2.34. The van der Waals surface area contributed by atoms with Gasteiger partial charge in [-0.2, -0.15) is 11.8 Å². The molecule has 0 aliphatic carbocycles. The van der Waals surface area contributed by atoms with Gasteiger partial charge in [0.1, 0.15) is 0 Å². The Morgan fingerprint density at radius 3 is 3.14 bits per heavy atom. The van der Waals surface area contributed by atoms with Gasteiger partial charge in [0, 0.05) is 18.0 Å². The normalized spacial score (nSPS) is 20.9. The van der Waals surface area contributed by atoms with E-state index >= 15 is 0 Å². The molecule has 0 fully saturated rings. The van der Waals surface area contributed by atoms with Crippen LogP contribution < -0.4 is 0 Å². The summed E-state index contributed by atoms with van der Waals surface area (Å²) in [6.07, 6.45) is 4.60. The highest BCUT2D eigenvalue weighted by Crippen LogP contribution is 2.28. The highest BCUT2D eigenvalue weighted by Gasteiger charge is 2.21. The van der Waals surface area contributed by atoms with Crippen LogP contribution in [0.5, 0.6) is 0 Å². The molecule has 0 saturated heterocycles. The lowest BCUT2D eigenvalue weighted by Crippen LogP contribution is -2.17. The van der Waals surface area contributed by atoms with Gasteiger partial charge >= 0.3 is 0 Å². The van der Waals surface area contributed by atoms with Crippen molar-refractivity contribution in [2.75, 3.05) is 6.26 Å². The van der Waals surface area contributed by atoms with Gasteiger partial charge < -0.3 is 4.57 Å². The van der Waals surface area contributed by atoms with Crippen LogP contribution in [0.1, 0.15) is 24.7 Å². The molecule has 4 heteroatoms. The molecule has 0 saturated carbocycles. The first-order valence-corrected chi connectivity index (χ1v) is 7.13. The maximum absolute atomic E-state index is 4.58. The number of hydrogen-bond acceptors (Lipinski definition) is 2. The highest BCUT2D eigenvalue weighted by molar-refractivity contribution is 9.10. The smallest absolute Gasteiger partial charge is 0.177 e. The number of nitrogens with zero attached hydrogens (tertiary/aromatic N) is 2. The maximum atomic E-state index is 4.58. The predicted molar refractivity (Wildman–Crippen MR) is 64.6 cm³/mol. The number of imidazole rings is 1. The van der Waals surface area contributed by atoms with Crippen molar-refractivity contribution >= 4 is 27.7 Å². The molecular formula is C10H15BrN2S. The zero-order valence-corrected chi connectivity index (χ0v) is 11.0. The van der Waals surface area contributed by atoms with Gasteiger partial charge in [-0.1, -0.05) is 6.92 Å². The van der Waals surface area contributed by atoms with Gasteiger partial charge in [0.05, 0.1) is 5.69 Å². The molecule has 1 atom stereocenters. The van der Waals surface area contributed by atoms with Gasteiger partial charge in [0.15, 0.2) is 4.73 Å². The van der Waals surface area contributed by atoms with Gasteiger partial charge in [-0.15, -0.1) is 0 Å². The number of hydrogen-bond donors (Lipinski definition) is 0. The van der Waals surface area contributed by atoms with E-state index in [-0.39, 0.29) is 0 Å². The highest BCUT2D eigenvalue weighted by atomic mass is 79.9. The molecule has 0 N–H and O–H groups in total. The Kier molecular flexibility index (Phi) is 3.22. The van der Waals surface area contributed by atoms with E-state index < -0.39 is 0 Å². The minimum Gasteiger partial charge on any atom is -0.322 e. The Morgan fingerprint density at radius 2 is 2.43 bits per heavy atom. The summed E-state index contributed by atoms with van der Waals surface area (Å²) in [6, 6.07) is 0. The molecule has 1 aliphatic rings. The van der Waals surface area contributed by atoms with E-state index in [0.717, 1.165) is 22.9 Å². The second-order valence-electron chi connectivity index (χ2n) is 3.96. The van der Waals surface area contributed by atoms with Crippen LogP contribution in [-0.4, -0.2) is 15.8 Å². The zero-order chi connectivity index (χ0) is 10.1. The fourth-order valence-corrected chi connectivity index (χ4v) is 3.10. The summed E-state index contributed by atoms with van der Waals surface area (Å²) in [7, 11) is 0. The number of fused-ring (bicyclic) bond motifs is 1. The van der Waals surface area contributed by atoms with Crippen molar-refractivity contribution < 1.29 is 0 Å². The second kappa shape index (κ2) is 4.27. The Bertz CT molecular complexity index is 335. The maximum Gasteiger partial charge on any atom is 0.177 e. The summed E-state index contributed by atoms with van der Waals surface area (Å²) >= 11 is 5.38. The molecule has 1 aromatic rings. The molecule has 1 aromatic heterocycles. The Morgan fingerprint density at radius 1 is 1.64 bits per heavy atom. The average Bonchev–Trinajstić information content (AvgIpc) is 2.44. The summed E-state index contributed by atoms with van der Waals surface area (Å²) in [5.41, 5.74) is 2.72. The van der Waals surface area contributed by atoms with E-state index in [1.165, 1.54) is 24.2 Å². The molecule has 0 bridgehead atoms. The third-order valence-electron chi connectivity index (χ3n) is 2.78. The third kappa shape index (κ3) is 1.87. The molecule has 78 valence electrons. The quantitative estimate of drug-likeness (QED) is 0.825. The lowest BCUT2D eigenvalue weighted by Gasteiger charge is -2.21. The zero-order valence-electron chi connectivity index (χ0n) is 8.59. The first-order valence-electron chi connectivity index (χ1n) is 4.95. The largest absolute Gasteiger partial charge is 0.322 e. The first-order chi connectivity index (χ1) is 6.72. The van der Waals surface area contributed by atoms with Crippen LogP contribution in [0.25, 0.3) is 0 Å². The van der Waals surface area contributed by atoms with Crippen LogP contribution in [0, 0.1) is 5.92 Å². The fraction of sp³-hybridized carbons (Fsp3) is 0.700. The standard InChI is InChI=1S/C10H15BrN2S/c1-7-3-4-13-9(5-7)8(6-14-2)12-10(13)11/h7H,3-6H2,1-2H3. The van der Waals surface area contributed by atoms with Crippen molar-refractivity contribution in [3.63, 3.8) is 0 Å². The number of halogens is 1. The van der Waals surface area contributed by atoms with Crippen LogP contribution in [-0.2, 0) is 18.7 Å². The topological polar surface area (TPSA) is 17.8 Å². The monoisotopic (exact) mass is 274 g/mol. The lowest BCUT2D eigenvalue weighted by molar-refractivity contribution is 0.411. The number of thioether (sulfide) groups is 1. The van der Waals surface area contributed by atoms with Crippen molar-refractivity contribution in [2.45, 2.75) is 32.1 Å². The van der Waals surface area contributed by atoms with Gasteiger partial charge in [-0.25, -0.2) is 4.98 Å². The van der Waals surface area contributed by atoms with E-state index in [2.05, 4.69) is 38.7 Å². The van der Waals surface area contributed by atoms with Gasteiger partial charge in [-0.3, -0.25) is 0 Å². The molecule has 1 unspecified atom stereocenters. The molecule has 0 aromatic carbocycles. The molecule has 14 heavy (non-hydrogen) atoms. The lowest BCUT2D eigenvalue weighted by atomic mass is 9.97. The third-order valence-corrected chi connectivity index (χ3v) is 3.94. The van der Waals surface area contributed by atoms with E-state index in [1.807, 2.05) is 11.8 Å². The second-order valence-corrected chi connectivity index (χ2v) is 5.53. The van der Waals surface area contributed by atoms with Gasteiger partial charge in [-0.05, 0) is 40.9 Å². The summed E-state index contributed by atoms with van der Waals surface area (Å²) in [5, 5.41) is 0. The Hall–Kier alpha value is 0.0400. The molecule has 0 radical (unpaired) electrons. The summed E-state index contributed by atoms with van der Waals surface area (Å²) in [4.78, 5) is 4.58. The minimum atomic E-state index is 0.812. The van der Waals surface area contributed by atoms with Crippen molar-refractivity contribution in [1.82, 2.24) is 9.55 Å². The first kappa shape index (κ1) is 10.6. The van der Waals surface area contributed by atoms with Crippen LogP contribution in [0.4, 0.5) is 0 Å². The molecular weight excluding hydrogens is 260 g/mol. The molecule has 1 aliphatic heterocycles. The van der Waals surface area contributed by atoms with Crippen molar-refractivity contribution in [1.29, 1.82) is 0 Å². The van der Waals surface area contributed by atoms with Gasteiger partial charge in [0.2, 0.25) is 0 Å². The van der Waals surface area contributed by atoms with E-state index in [4.69, 9.17) is 0 Å². The van der Waals surface area contributed by atoms with Crippen LogP contribution in [0.3, 0.4) is 0 Å². The van der Waals surface area contributed by atoms with Crippen molar-refractivity contribution in [2.24, 2.45) is 5.92 Å². The predicted octanol–water partition coefficient (Wildman–Crippen LogP) is 3.09. The van der Waals surface area contributed by atoms with E-state index in [0.29, 0.717) is 0 Å². The molecule has 0 amide bonds. The van der Waals surface area contributed by atoms with Crippen LogP contribution in [0.2, 0.25) is 0 Å². The minimum absolute atomic E-state index is 0.812. The SMILES string of the molecule is CSCc1nc(Br)n2c1CC(C)CC2. The summed E-state index contributed by atoms with van der Waals surface area (Å²) in [6.45, 7) is 3.45.